The predicted molar refractivity (Wildman–Crippen MR) is 73.7 cm³/mol. The number of benzene rings is 1. The standard InChI is InChI=1S/C15H23NO2/c1-12-6-8-13(9-7-12)10-11-16(5)14(17)18-15(2,3)4/h6-9H,10-11H2,1-5H3. The fraction of sp³-hybridized carbons (Fsp3) is 0.533. The molecule has 0 unspecified atom stereocenters. The van der Waals surface area contributed by atoms with Crippen molar-refractivity contribution < 1.29 is 9.53 Å². The number of hydrogen-bond donors (Lipinski definition) is 0. The zero-order valence-electron chi connectivity index (χ0n) is 12.0. The first kappa shape index (κ1) is 14.6. The quantitative estimate of drug-likeness (QED) is 0.821. The molecule has 0 heterocycles. The van der Waals surface area contributed by atoms with Crippen LogP contribution < -0.4 is 0 Å². The SMILES string of the molecule is Cc1ccc(CCN(C)C(=O)OC(C)(C)C)cc1. The number of nitrogens with zero attached hydrogens (tertiary/aromatic N) is 1. The van der Waals surface area contributed by atoms with Gasteiger partial charge in [0.05, 0.1) is 0 Å². The maximum atomic E-state index is 11.7. The van der Waals surface area contributed by atoms with E-state index >= 15 is 0 Å². The molecule has 18 heavy (non-hydrogen) atoms. The Labute approximate surface area is 110 Å². The van der Waals surface area contributed by atoms with Gasteiger partial charge in [0.15, 0.2) is 0 Å². The number of hydrogen-bond acceptors (Lipinski definition) is 2. The summed E-state index contributed by atoms with van der Waals surface area (Å²) >= 11 is 0. The van der Waals surface area contributed by atoms with E-state index in [1.165, 1.54) is 11.1 Å². The third kappa shape index (κ3) is 5.21. The zero-order valence-corrected chi connectivity index (χ0v) is 12.0. The summed E-state index contributed by atoms with van der Waals surface area (Å²) in [5, 5.41) is 0. The normalized spacial score (nSPS) is 11.2. The number of likely N-dealkylation sites (N-methyl/N-ethyl adjacent to an activating group) is 1. The van der Waals surface area contributed by atoms with Crippen LogP contribution in [0.5, 0.6) is 0 Å². The van der Waals surface area contributed by atoms with E-state index in [0.717, 1.165) is 6.42 Å². The molecule has 1 aromatic carbocycles. The van der Waals surface area contributed by atoms with Crippen LogP contribution in [-0.2, 0) is 11.2 Å². The van der Waals surface area contributed by atoms with Crippen LogP contribution in [-0.4, -0.2) is 30.2 Å². The Bertz CT molecular complexity index is 390. The Morgan fingerprint density at radius 2 is 1.78 bits per heavy atom. The van der Waals surface area contributed by atoms with E-state index in [4.69, 9.17) is 4.74 Å². The van der Waals surface area contributed by atoms with Crippen molar-refractivity contribution in [1.82, 2.24) is 4.90 Å². The Balaban J connectivity index is 2.43. The van der Waals surface area contributed by atoms with Crippen molar-refractivity contribution in [3.05, 3.63) is 35.4 Å². The number of amides is 1. The third-order valence-electron chi connectivity index (χ3n) is 2.56. The lowest BCUT2D eigenvalue weighted by Crippen LogP contribution is -2.35. The minimum Gasteiger partial charge on any atom is -0.444 e. The average Bonchev–Trinajstić information content (AvgIpc) is 2.25. The molecule has 0 spiro atoms. The number of carbonyl (C=O) groups excluding carboxylic acids is 1. The molecule has 1 aromatic rings. The van der Waals surface area contributed by atoms with Crippen LogP contribution in [0.2, 0.25) is 0 Å². The van der Waals surface area contributed by atoms with Gasteiger partial charge in [0.1, 0.15) is 5.60 Å². The van der Waals surface area contributed by atoms with Gasteiger partial charge in [-0.1, -0.05) is 29.8 Å². The summed E-state index contributed by atoms with van der Waals surface area (Å²) < 4.78 is 5.29. The van der Waals surface area contributed by atoms with Crippen molar-refractivity contribution in [2.75, 3.05) is 13.6 Å². The summed E-state index contributed by atoms with van der Waals surface area (Å²) in [6, 6.07) is 8.36. The van der Waals surface area contributed by atoms with Crippen molar-refractivity contribution in [3.63, 3.8) is 0 Å². The molecule has 0 atom stereocenters. The maximum absolute atomic E-state index is 11.7. The van der Waals surface area contributed by atoms with Gasteiger partial charge in [-0.05, 0) is 39.7 Å². The van der Waals surface area contributed by atoms with E-state index in [9.17, 15) is 4.79 Å². The lowest BCUT2D eigenvalue weighted by atomic mass is 10.1. The molecule has 0 saturated carbocycles. The fourth-order valence-corrected chi connectivity index (χ4v) is 1.48. The summed E-state index contributed by atoms with van der Waals surface area (Å²) in [6.07, 6.45) is 0.574. The second kappa shape index (κ2) is 5.89. The molecule has 0 aromatic heterocycles. The van der Waals surface area contributed by atoms with Gasteiger partial charge >= 0.3 is 6.09 Å². The summed E-state index contributed by atoms with van der Waals surface area (Å²) in [7, 11) is 1.77. The summed E-state index contributed by atoms with van der Waals surface area (Å²) in [4.78, 5) is 13.4. The lowest BCUT2D eigenvalue weighted by molar-refractivity contribution is 0.0301. The Morgan fingerprint density at radius 3 is 2.28 bits per heavy atom. The van der Waals surface area contributed by atoms with Crippen LogP contribution in [0, 0.1) is 6.92 Å². The molecule has 0 aliphatic rings. The van der Waals surface area contributed by atoms with Gasteiger partial charge < -0.3 is 9.64 Å². The van der Waals surface area contributed by atoms with Gasteiger partial charge in [0, 0.05) is 13.6 Å². The van der Waals surface area contributed by atoms with Gasteiger partial charge in [-0.3, -0.25) is 0 Å². The minimum absolute atomic E-state index is 0.269. The van der Waals surface area contributed by atoms with Crippen LogP contribution >= 0.6 is 0 Å². The lowest BCUT2D eigenvalue weighted by Gasteiger charge is -2.24. The largest absolute Gasteiger partial charge is 0.444 e. The molecular formula is C15H23NO2. The van der Waals surface area contributed by atoms with Crippen LogP contribution in [0.25, 0.3) is 0 Å². The fourth-order valence-electron chi connectivity index (χ4n) is 1.48. The maximum Gasteiger partial charge on any atom is 0.410 e. The van der Waals surface area contributed by atoms with Crippen LogP contribution in [0.4, 0.5) is 4.79 Å². The van der Waals surface area contributed by atoms with Crippen molar-refractivity contribution in [3.8, 4) is 0 Å². The number of rotatable bonds is 3. The zero-order chi connectivity index (χ0) is 13.8. The van der Waals surface area contributed by atoms with Crippen molar-refractivity contribution in [2.45, 2.75) is 39.7 Å². The Morgan fingerprint density at radius 1 is 1.22 bits per heavy atom. The highest BCUT2D eigenvalue weighted by Crippen LogP contribution is 2.10. The molecule has 0 fully saturated rings. The molecule has 0 aliphatic carbocycles. The number of aryl methyl sites for hydroxylation is 1. The molecule has 3 heteroatoms. The van der Waals surface area contributed by atoms with E-state index in [2.05, 4.69) is 31.2 Å². The van der Waals surface area contributed by atoms with Crippen LogP contribution in [0.15, 0.2) is 24.3 Å². The predicted octanol–water partition coefficient (Wildman–Crippen LogP) is 3.40. The molecule has 0 bridgehead atoms. The first-order valence-electron chi connectivity index (χ1n) is 6.27. The van der Waals surface area contributed by atoms with E-state index in [1.54, 1.807) is 11.9 Å². The van der Waals surface area contributed by atoms with Gasteiger partial charge in [-0.25, -0.2) is 4.79 Å². The smallest absolute Gasteiger partial charge is 0.410 e. The Kier molecular flexibility index (Phi) is 4.76. The average molecular weight is 249 g/mol. The third-order valence-corrected chi connectivity index (χ3v) is 2.56. The highest BCUT2D eigenvalue weighted by molar-refractivity contribution is 5.67. The van der Waals surface area contributed by atoms with Gasteiger partial charge in [0.25, 0.3) is 0 Å². The van der Waals surface area contributed by atoms with Gasteiger partial charge in [0.2, 0.25) is 0 Å². The minimum atomic E-state index is -0.435. The molecule has 0 radical (unpaired) electrons. The number of ether oxygens (including phenoxy) is 1. The van der Waals surface area contributed by atoms with Crippen molar-refractivity contribution in [2.24, 2.45) is 0 Å². The van der Waals surface area contributed by atoms with E-state index in [0.29, 0.717) is 6.54 Å². The van der Waals surface area contributed by atoms with E-state index in [1.807, 2.05) is 20.8 Å². The molecule has 1 amide bonds. The molecule has 0 aliphatic heterocycles. The van der Waals surface area contributed by atoms with Crippen molar-refractivity contribution in [1.29, 1.82) is 0 Å². The Hall–Kier alpha value is -1.51. The molecular weight excluding hydrogens is 226 g/mol. The molecule has 0 saturated heterocycles. The highest BCUT2D eigenvalue weighted by Gasteiger charge is 2.19. The van der Waals surface area contributed by atoms with Crippen LogP contribution in [0.3, 0.4) is 0 Å². The van der Waals surface area contributed by atoms with E-state index < -0.39 is 5.60 Å². The molecule has 100 valence electrons. The van der Waals surface area contributed by atoms with Gasteiger partial charge in [-0.2, -0.15) is 0 Å². The first-order chi connectivity index (χ1) is 8.28. The summed E-state index contributed by atoms with van der Waals surface area (Å²) in [5.74, 6) is 0. The van der Waals surface area contributed by atoms with Gasteiger partial charge in [-0.15, -0.1) is 0 Å². The van der Waals surface area contributed by atoms with E-state index in [-0.39, 0.29) is 6.09 Å². The molecule has 1 rings (SSSR count). The summed E-state index contributed by atoms with van der Waals surface area (Å²) in [6.45, 7) is 8.35. The topological polar surface area (TPSA) is 29.5 Å². The second-order valence-electron chi connectivity index (χ2n) is 5.64. The first-order valence-corrected chi connectivity index (χ1v) is 6.27. The summed E-state index contributed by atoms with van der Waals surface area (Å²) in [5.41, 5.74) is 2.05. The number of carbonyl (C=O) groups is 1. The highest BCUT2D eigenvalue weighted by atomic mass is 16.6. The monoisotopic (exact) mass is 249 g/mol. The molecule has 3 nitrogen and oxygen atoms in total. The van der Waals surface area contributed by atoms with Crippen LogP contribution in [0.1, 0.15) is 31.9 Å². The molecule has 0 N–H and O–H groups in total. The second-order valence-corrected chi connectivity index (χ2v) is 5.64. The van der Waals surface area contributed by atoms with Crippen molar-refractivity contribution >= 4 is 6.09 Å².